The number of nitrogens with zero attached hydrogens (tertiary/aromatic N) is 2. The highest BCUT2D eigenvalue weighted by atomic mass is 19.4. The fraction of sp³-hybridized carbons (Fsp3) is 0.571. The zero-order chi connectivity index (χ0) is 19.2. The molecule has 0 saturated heterocycles. The third-order valence-corrected chi connectivity index (χ3v) is 3.59. The van der Waals surface area contributed by atoms with Gasteiger partial charge in [-0.1, -0.05) is 6.42 Å². The molecule has 1 fully saturated rings. The van der Waals surface area contributed by atoms with Crippen LogP contribution in [0.2, 0.25) is 0 Å². The first-order chi connectivity index (χ1) is 11.5. The Morgan fingerprint density at radius 3 is 2.32 bits per heavy atom. The Morgan fingerprint density at radius 2 is 1.92 bits per heavy atom. The second-order valence-electron chi connectivity index (χ2n) is 5.44. The number of hydrogen-bond acceptors (Lipinski definition) is 6. The van der Waals surface area contributed by atoms with Crippen molar-refractivity contribution in [1.29, 1.82) is 0 Å². The molecule has 8 nitrogen and oxygen atoms in total. The molecular weight excluding hydrogens is 347 g/mol. The molecule has 1 aliphatic rings. The topological polar surface area (TPSA) is 133 Å². The smallest absolute Gasteiger partial charge is 0.478 e. The summed E-state index contributed by atoms with van der Waals surface area (Å²) in [6.07, 6.45) is -1.13. The molecule has 0 aromatic carbocycles. The van der Waals surface area contributed by atoms with E-state index >= 15 is 0 Å². The Morgan fingerprint density at radius 1 is 1.32 bits per heavy atom. The van der Waals surface area contributed by atoms with Crippen molar-refractivity contribution in [2.75, 3.05) is 11.9 Å². The molecule has 1 saturated carbocycles. The SMILES string of the molecule is Cc1nc(NC[C@@H]2CCC[C@H]2O)ncc1C(=O)O.O=C(O)C(F)(F)F. The minimum atomic E-state index is -5.08. The van der Waals surface area contributed by atoms with Gasteiger partial charge in [-0.25, -0.2) is 19.6 Å². The third-order valence-electron chi connectivity index (χ3n) is 3.59. The molecule has 0 bridgehead atoms. The summed E-state index contributed by atoms with van der Waals surface area (Å²) in [4.78, 5) is 27.8. The highest BCUT2D eigenvalue weighted by Gasteiger charge is 2.38. The Kier molecular flexibility index (Phi) is 7.09. The van der Waals surface area contributed by atoms with Gasteiger partial charge in [0, 0.05) is 18.7 Å². The molecule has 0 amide bonds. The van der Waals surface area contributed by atoms with Crippen LogP contribution in [0.1, 0.15) is 35.3 Å². The van der Waals surface area contributed by atoms with E-state index in [1.54, 1.807) is 6.92 Å². The number of aryl methyl sites for hydroxylation is 1. The van der Waals surface area contributed by atoms with Crippen molar-refractivity contribution >= 4 is 17.9 Å². The lowest BCUT2D eigenvalue weighted by atomic mass is 10.1. The van der Waals surface area contributed by atoms with Gasteiger partial charge in [0.15, 0.2) is 0 Å². The van der Waals surface area contributed by atoms with Gasteiger partial charge >= 0.3 is 18.1 Å². The highest BCUT2D eigenvalue weighted by molar-refractivity contribution is 5.88. The number of alkyl halides is 3. The number of rotatable bonds is 4. The van der Waals surface area contributed by atoms with Crippen LogP contribution in [0, 0.1) is 12.8 Å². The number of nitrogens with one attached hydrogen (secondary N) is 1. The van der Waals surface area contributed by atoms with Crippen LogP contribution in [0.25, 0.3) is 0 Å². The molecule has 1 aliphatic carbocycles. The number of anilines is 1. The second kappa shape index (κ2) is 8.60. The van der Waals surface area contributed by atoms with Crippen molar-refractivity contribution < 1.29 is 38.1 Å². The van der Waals surface area contributed by atoms with Crippen molar-refractivity contribution in [2.24, 2.45) is 5.92 Å². The standard InChI is InChI=1S/C12H17N3O3.C2HF3O2/c1-7-9(11(17)18)6-14-12(15-7)13-5-8-3-2-4-10(8)16;3-2(4,5)1(6)7/h6,8,10,16H,2-5H2,1H3,(H,17,18)(H,13,14,15);(H,6,7)/t8-,10+;/m0./s1. The summed E-state index contributed by atoms with van der Waals surface area (Å²) in [7, 11) is 0. The molecule has 0 radical (unpaired) electrons. The molecule has 2 rings (SSSR count). The molecule has 2 atom stereocenters. The number of aliphatic carboxylic acids is 1. The predicted octanol–water partition coefficient (Wildman–Crippen LogP) is 1.69. The lowest BCUT2D eigenvalue weighted by Crippen LogP contribution is -2.23. The van der Waals surface area contributed by atoms with E-state index in [-0.39, 0.29) is 17.6 Å². The van der Waals surface area contributed by atoms with Crippen molar-refractivity contribution in [1.82, 2.24) is 9.97 Å². The molecule has 1 aromatic heterocycles. The lowest BCUT2D eigenvalue weighted by molar-refractivity contribution is -0.192. The number of aromatic carboxylic acids is 1. The number of carboxylic acid groups (broad SMARTS) is 2. The maximum absolute atomic E-state index is 10.8. The number of aromatic nitrogens is 2. The van der Waals surface area contributed by atoms with Crippen LogP contribution in [0.15, 0.2) is 6.20 Å². The van der Waals surface area contributed by atoms with Gasteiger partial charge in [-0.2, -0.15) is 13.2 Å². The van der Waals surface area contributed by atoms with Gasteiger partial charge in [-0.05, 0) is 19.8 Å². The molecule has 0 aliphatic heterocycles. The Labute approximate surface area is 140 Å². The number of carbonyl (C=O) groups is 2. The minimum Gasteiger partial charge on any atom is -0.478 e. The monoisotopic (exact) mass is 365 g/mol. The summed E-state index contributed by atoms with van der Waals surface area (Å²) >= 11 is 0. The lowest BCUT2D eigenvalue weighted by Gasteiger charge is -2.15. The summed E-state index contributed by atoms with van der Waals surface area (Å²) in [5.74, 6) is -3.14. The van der Waals surface area contributed by atoms with E-state index in [9.17, 15) is 23.1 Å². The summed E-state index contributed by atoms with van der Waals surface area (Å²) in [6, 6.07) is 0. The third kappa shape index (κ3) is 6.53. The van der Waals surface area contributed by atoms with E-state index < -0.39 is 18.1 Å². The van der Waals surface area contributed by atoms with E-state index in [0.717, 1.165) is 19.3 Å². The van der Waals surface area contributed by atoms with Crippen LogP contribution in [0.4, 0.5) is 19.1 Å². The maximum Gasteiger partial charge on any atom is 0.490 e. The van der Waals surface area contributed by atoms with Crippen LogP contribution in [0.5, 0.6) is 0 Å². The van der Waals surface area contributed by atoms with Crippen LogP contribution in [-0.2, 0) is 4.79 Å². The highest BCUT2D eigenvalue weighted by Crippen LogP contribution is 2.25. The molecule has 0 spiro atoms. The first-order valence-corrected chi connectivity index (χ1v) is 7.31. The van der Waals surface area contributed by atoms with Crippen LogP contribution in [-0.4, -0.2) is 56.1 Å². The minimum absolute atomic E-state index is 0.112. The maximum atomic E-state index is 10.8. The molecule has 4 N–H and O–H groups in total. The molecule has 140 valence electrons. The molecule has 25 heavy (non-hydrogen) atoms. The summed E-state index contributed by atoms with van der Waals surface area (Å²) in [5, 5.41) is 28.7. The molecule has 1 heterocycles. The zero-order valence-corrected chi connectivity index (χ0v) is 13.2. The Hall–Kier alpha value is -2.43. The first kappa shape index (κ1) is 20.6. The van der Waals surface area contributed by atoms with Crippen LogP contribution < -0.4 is 5.32 Å². The van der Waals surface area contributed by atoms with Gasteiger partial charge in [-0.3, -0.25) is 0 Å². The van der Waals surface area contributed by atoms with Crippen molar-refractivity contribution in [3.8, 4) is 0 Å². The van der Waals surface area contributed by atoms with Gasteiger partial charge < -0.3 is 20.6 Å². The summed E-state index contributed by atoms with van der Waals surface area (Å²) in [6.45, 7) is 2.26. The summed E-state index contributed by atoms with van der Waals surface area (Å²) < 4.78 is 31.7. The first-order valence-electron chi connectivity index (χ1n) is 7.31. The molecule has 11 heteroatoms. The van der Waals surface area contributed by atoms with Crippen molar-refractivity contribution in [2.45, 2.75) is 38.5 Å². The van der Waals surface area contributed by atoms with E-state index in [4.69, 9.17) is 15.0 Å². The van der Waals surface area contributed by atoms with E-state index in [1.807, 2.05) is 0 Å². The van der Waals surface area contributed by atoms with Gasteiger partial charge in [-0.15, -0.1) is 0 Å². The van der Waals surface area contributed by atoms with Gasteiger partial charge in [0.25, 0.3) is 0 Å². The average Bonchev–Trinajstić information content (AvgIpc) is 2.89. The molecule has 0 unspecified atom stereocenters. The Bertz CT molecular complexity index is 624. The number of halogens is 3. The van der Waals surface area contributed by atoms with Crippen molar-refractivity contribution in [3.63, 3.8) is 0 Å². The van der Waals surface area contributed by atoms with Gasteiger partial charge in [0.2, 0.25) is 5.95 Å². The zero-order valence-electron chi connectivity index (χ0n) is 13.2. The van der Waals surface area contributed by atoms with Crippen molar-refractivity contribution in [3.05, 3.63) is 17.5 Å². The number of aliphatic hydroxyl groups excluding tert-OH is 1. The molecular formula is C14H18F3N3O5. The normalized spacial score (nSPS) is 19.7. The number of aliphatic hydroxyl groups is 1. The van der Waals surface area contributed by atoms with Crippen LogP contribution in [0.3, 0.4) is 0 Å². The quantitative estimate of drug-likeness (QED) is 0.634. The summed E-state index contributed by atoms with van der Waals surface area (Å²) in [5.41, 5.74) is 0.549. The predicted molar refractivity (Wildman–Crippen MR) is 79.3 cm³/mol. The fourth-order valence-electron chi connectivity index (χ4n) is 2.24. The van der Waals surface area contributed by atoms with E-state index in [2.05, 4.69) is 15.3 Å². The van der Waals surface area contributed by atoms with Crippen LogP contribution >= 0.6 is 0 Å². The number of carboxylic acids is 2. The van der Waals surface area contributed by atoms with E-state index in [1.165, 1.54) is 6.20 Å². The van der Waals surface area contributed by atoms with Gasteiger partial charge in [0.05, 0.1) is 17.4 Å². The second-order valence-corrected chi connectivity index (χ2v) is 5.44. The fourth-order valence-corrected chi connectivity index (χ4v) is 2.24. The molecule has 1 aromatic rings. The Balaban J connectivity index is 0.000000381. The largest absolute Gasteiger partial charge is 0.490 e. The number of hydrogen-bond donors (Lipinski definition) is 4. The van der Waals surface area contributed by atoms with E-state index in [0.29, 0.717) is 18.2 Å². The average molecular weight is 365 g/mol. The van der Waals surface area contributed by atoms with Gasteiger partial charge in [0.1, 0.15) is 0 Å².